The Hall–Kier alpha value is -2.62. The van der Waals surface area contributed by atoms with Crippen LogP contribution in [0.2, 0.25) is 0 Å². The summed E-state index contributed by atoms with van der Waals surface area (Å²) in [5.74, 6) is 0. The fourth-order valence-electron chi connectivity index (χ4n) is 2.04. The molecule has 0 unspecified atom stereocenters. The van der Waals surface area contributed by atoms with Crippen LogP contribution in [0, 0.1) is 6.92 Å². The lowest BCUT2D eigenvalue weighted by atomic mass is 10.1. The average Bonchev–Trinajstić information content (AvgIpc) is 2.38. The van der Waals surface area contributed by atoms with E-state index >= 15 is 0 Å². The van der Waals surface area contributed by atoms with Crippen LogP contribution in [0.25, 0.3) is 22.3 Å². The minimum Gasteiger partial charge on any atom is -0.399 e. The quantitative estimate of drug-likeness (QED) is 0.653. The fourth-order valence-corrected chi connectivity index (χ4v) is 2.04. The molecule has 0 saturated carbocycles. The van der Waals surface area contributed by atoms with Crippen molar-refractivity contribution in [1.29, 1.82) is 0 Å². The second-order valence-electron chi connectivity index (χ2n) is 4.52. The first-order valence-corrected chi connectivity index (χ1v) is 6.00. The van der Waals surface area contributed by atoms with Crippen LogP contribution in [-0.2, 0) is 0 Å². The van der Waals surface area contributed by atoms with E-state index in [0.29, 0.717) is 16.7 Å². The monoisotopic (exact) mass is 251 g/mol. The first-order chi connectivity index (χ1) is 9.13. The van der Waals surface area contributed by atoms with Gasteiger partial charge in [0.2, 0.25) is 0 Å². The molecule has 0 saturated heterocycles. The smallest absolute Gasteiger partial charge is 0.191 e. The number of pyridine rings is 2. The molecule has 3 rings (SSSR count). The lowest BCUT2D eigenvalue weighted by Crippen LogP contribution is -2.04. The van der Waals surface area contributed by atoms with Crippen LogP contribution in [-0.4, -0.2) is 9.97 Å². The average molecular weight is 251 g/mol. The summed E-state index contributed by atoms with van der Waals surface area (Å²) in [5, 5.41) is 0.602. The Balaban J connectivity index is 2.25. The zero-order valence-corrected chi connectivity index (χ0v) is 10.5. The maximum atomic E-state index is 12.1. The standard InChI is InChI=1S/C15H13N3O/c1-9-2-7-12-14(19)8-13(18-15(12)17-9)10-3-5-11(16)6-4-10/h2-8H,16H2,1H3,(H,17,18,19). The number of benzene rings is 1. The normalized spacial score (nSPS) is 10.8. The van der Waals surface area contributed by atoms with Crippen molar-refractivity contribution < 1.29 is 0 Å². The third kappa shape index (κ3) is 2.08. The van der Waals surface area contributed by atoms with E-state index < -0.39 is 0 Å². The van der Waals surface area contributed by atoms with Crippen LogP contribution in [0.15, 0.2) is 47.3 Å². The summed E-state index contributed by atoms with van der Waals surface area (Å²) in [4.78, 5) is 19.6. The van der Waals surface area contributed by atoms with Crippen molar-refractivity contribution >= 4 is 16.7 Å². The van der Waals surface area contributed by atoms with E-state index in [1.54, 1.807) is 12.1 Å². The van der Waals surface area contributed by atoms with Gasteiger partial charge in [0.25, 0.3) is 0 Å². The van der Waals surface area contributed by atoms with Crippen LogP contribution >= 0.6 is 0 Å². The Morgan fingerprint density at radius 2 is 1.84 bits per heavy atom. The van der Waals surface area contributed by atoms with Crippen molar-refractivity contribution in [2.45, 2.75) is 6.92 Å². The number of hydrogen-bond donors (Lipinski definition) is 2. The highest BCUT2D eigenvalue weighted by Gasteiger charge is 2.05. The topological polar surface area (TPSA) is 71.8 Å². The molecule has 94 valence electrons. The molecule has 0 amide bonds. The Morgan fingerprint density at radius 3 is 2.58 bits per heavy atom. The molecule has 3 N–H and O–H groups in total. The molecule has 1 aromatic carbocycles. The largest absolute Gasteiger partial charge is 0.399 e. The number of hydrogen-bond acceptors (Lipinski definition) is 3. The molecule has 0 fully saturated rings. The van der Waals surface area contributed by atoms with Gasteiger partial charge in [0.15, 0.2) is 5.43 Å². The highest BCUT2D eigenvalue weighted by molar-refractivity contribution is 5.78. The highest BCUT2D eigenvalue weighted by atomic mass is 16.1. The Bertz CT molecular complexity index is 804. The molecule has 0 radical (unpaired) electrons. The SMILES string of the molecule is Cc1ccc2c(=O)cc(-c3ccc(N)cc3)[nH]c2n1. The first kappa shape index (κ1) is 11.5. The molecule has 0 atom stereocenters. The van der Waals surface area contributed by atoms with E-state index in [0.717, 1.165) is 17.0 Å². The predicted molar refractivity (Wildman–Crippen MR) is 76.9 cm³/mol. The van der Waals surface area contributed by atoms with Gasteiger partial charge in [-0.05, 0) is 36.8 Å². The zero-order valence-electron chi connectivity index (χ0n) is 10.5. The molecular formula is C15H13N3O. The van der Waals surface area contributed by atoms with Crippen molar-refractivity contribution in [3.05, 3.63) is 58.4 Å². The molecular weight excluding hydrogens is 238 g/mol. The van der Waals surface area contributed by atoms with Gasteiger partial charge < -0.3 is 10.7 Å². The Morgan fingerprint density at radius 1 is 1.11 bits per heavy atom. The van der Waals surface area contributed by atoms with E-state index in [1.165, 1.54) is 0 Å². The van der Waals surface area contributed by atoms with Gasteiger partial charge in [-0.25, -0.2) is 4.98 Å². The maximum Gasteiger partial charge on any atom is 0.191 e. The number of anilines is 1. The number of aryl methyl sites for hydroxylation is 1. The molecule has 2 heterocycles. The second kappa shape index (κ2) is 4.24. The number of nitrogens with one attached hydrogen (secondary N) is 1. The molecule has 0 bridgehead atoms. The van der Waals surface area contributed by atoms with Gasteiger partial charge in [0, 0.05) is 17.4 Å². The second-order valence-corrected chi connectivity index (χ2v) is 4.52. The number of aromatic amines is 1. The summed E-state index contributed by atoms with van der Waals surface area (Å²) in [6.45, 7) is 1.90. The number of aromatic nitrogens is 2. The summed E-state index contributed by atoms with van der Waals surface area (Å²) in [6.07, 6.45) is 0. The van der Waals surface area contributed by atoms with Crippen LogP contribution in [0.3, 0.4) is 0 Å². The number of nitrogens with zero attached hydrogens (tertiary/aromatic N) is 1. The van der Waals surface area contributed by atoms with Crippen LogP contribution in [0.5, 0.6) is 0 Å². The maximum absolute atomic E-state index is 12.1. The van der Waals surface area contributed by atoms with Crippen molar-refractivity contribution in [1.82, 2.24) is 9.97 Å². The third-order valence-corrected chi connectivity index (χ3v) is 3.05. The molecule has 0 aliphatic heterocycles. The molecule has 4 heteroatoms. The van der Waals surface area contributed by atoms with E-state index in [2.05, 4.69) is 9.97 Å². The summed E-state index contributed by atoms with van der Waals surface area (Å²) < 4.78 is 0. The Labute approximate surface area is 109 Å². The summed E-state index contributed by atoms with van der Waals surface area (Å²) >= 11 is 0. The lowest BCUT2D eigenvalue weighted by molar-refractivity contribution is 1.20. The first-order valence-electron chi connectivity index (χ1n) is 6.00. The van der Waals surface area contributed by atoms with Gasteiger partial charge >= 0.3 is 0 Å². The summed E-state index contributed by atoms with van der Waals surface area (Å²) in [6, 6.07) is 12.6. The minimum absolute atomic E-state index is 0.0342. The molecule has 19 heavy (non-hydrogen) atoms. The van der Waals surface area contributed by atoms with E-state index in [9.17, 15) is 4.79 Å². The summed E-state index contributed by atoms with van der Waals surface area (Å²) in [5.41, 5.74) is 9.46. The van der Waals surface area contributed by atoms with E-state index in [1.807, 2.05) is 37.3 Å². The van der Waals surface area contributed by atoms with Gasteiger partial charge in [0.1, 0.15) is 5.65 Å². The van der Waals surface area contributed by atoms with Crippen molar-refractivity contribution in [2.24, 2.45) is 0 Å². The van der Waals surface area contributed by atoms with Crippen molar-refractivity contribution in [3.63, 3.8) is 0 Å². The number of nitrogen functional groups attached to an aromatic ring is 1. The highest BCUT2D eigenvalue weighted by Crippen LogP contribution is 2.19. The lowest BCUT2D eigenvalue weighted by Gasteiger charge is -2.05. The number of rotatable bonds is 1. The Kier molecular flexibility index (Phi) is 2.56. The van der Waals surface area contributed by atoms with Crippen molar-refractivity contribution in [2.75, 3.05) is 5.73 Å². The van der Waals surface area contributed by atoms with Crippen LogP contribution in [0.4, 0.5) is 5.69 Å². The van der Waals surface area contributed by atoms with E-state index in [4.69, 9.17) is 5.73 Å². The minimum atomic E-state index is -0.0342. The fraction of sp³-hybridized carbons (Fsp3) is 0.0667. The van der Waals surface area contributed by atoms with Gasteiger partial charge in [-0.15, -0.1) is 0 Å². The molecule has 0 aliphatic carbocycles. The third-order valence-electron chi connectivity index (χ3n) is 3.05. The van der Waals surface area contributed by atoms with Gasteiger partial charge in [-0.3, -0.25) is 4.79 Å². The van der Waals surface area contributed by atoms with Gasteiger partial charge in [-0.2, -0.15) is 0 Å². The predicted octanol–water partition coefficient (Wildman–Crippen LogP) is 2.48. The molecule has 0 spiro atoms. The van der Waals surface area contributed by atoms with Crippen molar-refractivity contribution in [3.8, 4) is 11.3 Å². The molecule has 0 aliphatic rings. The van der Waals surface area contributed by atoms with Gasteiger partial charge in [0.05, 0.1) is 11.1 Å². The van der Waals surface area contributed by atoms with E-state index in [-0.39, 0.29) is 5.43 Å². The van der Waals surface area contributed by atoms with Crippen LogP contribution < -0.4 is 11.2 Å². The van der Waals surface area contributed by atoms with Crippen LogP contribution in [0.1, 0.15) is 5.69 Å². The molecule has 3 aromatic rings. The number of H-pyrrole nitrogens is 1. The number of fused-ring (bicyclic) bond motifs is 1. The number of nitrogens with two attached hydrogens (primary N) is 1. The summed E-state index contributed by atoms with van der Waals surface area (Å²) in [7, 11) is 0. The van der Waals surface area contributed by atoms with Gasteiger partial charge in [-0.1, -0.05) is 12.1 Å². The molecule has 2 aromatic heterocycles. The molecule has 4 nitrogen and oxygen atoms in total. The zero-order chi connectivity index (χ0) is 13.4.